The van der Waals surface area contributed by atoms with Crippen molar-refractivity contribution in [2.75, 3.05) is 6.61 Å². The van der Waals surface area contributed by atoms with Crippen LogP contribution in [0.1, 0.15) is 55.4 Å². The highest BCUT2D eigenvalue weighted by Gasteiger charge is 2.84. The monoisotopic (exact) mass is 332 g/mol. The quantitative estimate of drug-likeness (QED) is 0.747. The van der Waals surface area contributed by atoms with Crippen LogP contribution in [0, 0.1) is 0 Å². The molecule has 0 aromatic heterocycles. The number of fused-ring (bicyclic) bond motifs is 1. The third-order valence-corrected chi connectivity index (χ3v) is 5.66. The maximum Gasteiger partial charge on any atom is 0.303 e. The second-order valence-corrected chi connectivity index (χ2v) is 7.78. The fourth-order valence-electron chi connectivity index (χ4n) is 4.02. The predicted molar refractivity (Wildman–Crippen MR) is 80.4 cm³/mol. The summed E-state index contributed by atoms with van der Waals surface area (Å²) in [6.07, 6.45) is 0. The highest BCUT2D eigenvalue weighted by atomic mass is 16.9. The van der Waals surface area contributed by atoms with Crippen LogP contribution < -0.4 is 0 Å². The minimum absolute atomic E-state index is 0.546. The van der Waals surface area contributed by atoms with E-state index < -0.39 is 46.6 Å². The zero-order chi connectivity index (χ0) is 18.1. The number of rotatable bonds is 3. The number of carbonyl (C=O) groups excluding carboxylic acids is 1. The Balaban J connectivity index is 2.69. The first-order chi connectivity index (χ1) is 10.1. The SMILES string of the molecule is CC(=O)O[C@@]1(C)[C@]2(C)OC(C)(C)O[C@@]2(C)O[C@@]1(C)[C@](C)(O)CO. The highest BCUT2D eigenvalue weighted by Crippen LogP contribution is 2.64. The number of esters is 1. The molecule has 2 fully saturated rings. The summed E-state index contributed by atoms with van der Waals surface area (Å²) in [5.41, 5.74) is -5.80. The molecule has 134 valence electrons. The molecule has 0 bridgehead atoms. The van der Waals surface area contributed by atoms with Gasteiger partial charge in [-0.05, 0) is 48.5 Å². The van der Waals surface area contributed by atoms with Gasteiger partial charge in [0.25, 0.3) is 0 Å². The van der Waals surface area contributed by atoms with Crippen LogP contribution in [-0.2, 0) is 23.7 Å². The Morgan fingerprint density at radius 2 is 1.61 bits per heavy atom. The number of carbonyl (C=O) groups is 1. The van der Waals surface area contributed by atoms with E-state index in [-0.39, 0.29) is 0 Å². The maximum absolute atomic E-state index is 11.8. The second-order valence-electron chi connectivity index (χ2n) is 7.78. The largest absolute Gasteiger partial charge is 0.453 e. The molecule has 5 atom stereocenters. The molecule has 0 radical (unpaired) electrons. The molecule has 23 heavy (non-hydrogen) atoms. The molecule has 2 aliphatic heterocycles. The van der Waals surface area contributed by atoms with Crippen molar-refractivity contribution >= 4 is 5.97 Å². The van der Waals surface area contributed by atoms with Gasteiger partial charge in [0, 0.05) is 6.92 Å². The Kier molecular flexibility index (Phi) is 3.78. The minimum Gasteiger partial charge on any atom is -0.453 e. The number of aliphatic hydroxyl groups excluding tert-OH is 1. The van der Waals surface area contributed by atoms with Crippen LogP contribution in [0.4, 0.5) is 0 Å². The zero-order valence-electron chi connectivity index (χ0n) is 15.1. The van der Waals surface area contributed by atoms with Crippen molar-refractivity contribution in [1.82, 2.24) is 0 Å². The molecule has 0 aliphatic carbocycles. The van der Waals surface area contributed by atoms with Crippen LogP contribution >= 0.6 is 0 Å². The first kappa shape index (κ1) is 18.6. The van der Waals surface area contributed by atoms with Gasteiger partial charge < -0.3 is 29.2 Å². The van der Waals surface area contributed by atoms with Gasteiger partial charge in [-0.15, -0.1) is 0 Å². The van der Waals surface area contributed by atoms with Gasteiger partial charge in [-0.25, -0.2) is 0 Å². The van der Waals surface area contributed by atoms with Crippen LogP contribution in [0.15, 0.2) is 0 Å². The van der Waals surface area contributed by atoms with Crippen LogP contribution in [0.2, 0.25) is 0 Å². The first-order valence-corrected chi connectivity index (χ1v) is 7.73. The van der Waals surface area contributed by atoms with Gasteiger partial charge >= 0.3 is 5.97 Å². The van der Waals surface area contributed by atoms with Gasteiger partial charge in [0.15, 0.2) is 17.0 Å². The topological polar surface area (TPSA) is 94.5 Å². The van der Waals surface area contributed by atoms with Gasteiger partial charge in [-0.3, -0.25) is 4.79 Å². The molecular formula is C16H28O7. The highest BCUT2D eigenvalue weighted by molar-refractivity contribution is 5.67. The van der Waals surface area contributed by atoms with Crippen molar-refractivity contribution in [3.05, 3.63) is 0 Å². The van der Waals surface area contributed by atoms with E-state index in [1.165, 1.54) is 13.8 Å². The molecular weight excluding hydrogens is 304 g/mol. The Bertz CT molecular complexity index is 531. The van der Waals surface area contributed by atoms with Crippen molar-refractivity contribution in [1.29, 1.82) is 0 Å². The second kappa shape index (κ2) is 4.67. The first-order valence-electron chi connectivity index (χ1n) is 7.73. The number of hydrogen-bond acceptors (Lipinski definition) is 7. The van der Waals surface area contributed by atoms with Gasteiger partial charge in [0.05, 0.1) is 6.61 Å². The van der Waals surface area contributed by atoms with Gasteiger partial charge in [-0.1, -0.05) is 0 Å². The molecule has 2 rings (SSSR count). The third kappa shape index (κ3) is 2.10. The number of aliphatic hydroxyl groups is 2. The lowest BCUT2D eigenvalue weighted by atomic mass is 9.67. The van der Waals surface area contributed by atoms with Crippen LogP contribution in [-0.4, -0.2) is 56.8 Å². The molecule has 0 spiro atoms. The maximum atomic E-state index is 11.8. The molecule has 0 saturated carbocycles. The summed E-state index contributed by atoms with van der Waals surface area (Å²) in [4.78, 5) is 11.8. The van der Waals surface area contributed by atoms with Crippen LogP contribution in [0.3, 0.4) is 0 Å². The molecule has 0 amide bonds. The standard InChI is InChI=1S/C16H28O7/c1-10(18)20-14(6)13(5,12(4,19)9-17)23-16(8)15(14,7)21-11(2,3)22-16/h17,19H,9H2,1-8H3/t12-,13+,14-,15+,16+/m1/s1. The molecule has 0 unspecified atom stereocenters. The Hall–Kier alpha value is -0.730. The lowest BCUT2D eigenvalue weighted by molar-refractivity contribution is -0.322. The van der Waals surface area contributed by atoms with Crippen LogP contribution in [0.5, 0.6) is 0 Å². The van der Waals surface area contributed by atoms with Crippen molar-refractivity contribution in [2.24, 2.45) is 0 Å². The molecule has 2 saturated heterocycles. The lowest BCUT2D eigenvalue weighted by Gasteiger charge is -2.50. The summed E-state index contributed by atoms with van der Waals surface area (Å²) in [6, 6.07) is 0. The number of ether oxygens (including phenoxy) is 4. The summed E-state index contributed by atoms with van der Waals surface area (Å²) in [5.74, 6) is -2.79. The molecule has 7 heteroatoms. The van der Waals surface area contributed by atoms with Crippen molar-refractivity contribution in [2.45, 2.75) is 89.4 Å². The molecule has 0 aromatic rings. The lowest BCUT2D eigenvalue weighted by Crippen LogP contribution is -2.70. The Morgan fingerprint density at radius 3 is 2.04 bits per heavy atom. The molecule has 2 aliphatic rings. The third-order valence-electron chi connectivity index (χ3n) is 5.66. The Morgan fingerprint density at radius 1 is 1.09 bits per heavy atom. The van der Waals surface area contributed by atoms with Gasteiger partial charge in [0.1, 0.15) is 11.2 Å². The van der Waals surface area contributed by atoms with E-state index in [1.807, 2.05) is 0 Å². The van der Waals surface area contributed by atoms with E-state index in [0.717, 1.165) is 0 Å². The fraction of sp³-hybridized carbons (Fsp3) is 0.938. The summed E-state index contributed by atoms with van der Waals surface area (Å²) >= 11 is 0. The van der Waals surface area contributed by atoms with Crippen molar-refractivity contribution in [3.63, 3.8) is 0 Å². The Labute approximate surface area is 136 Å². The normalized spacial score (nSPS) is 47.9. The van der Waals surface area contributed by atoms with Gasteiger partial charge in [-0.2, -0.15) is 0 Å². The summed E-state index contributed by atoms with van der Waals surface area (Å²) in [6.45, 7) is 12.2. The molecule has 2 heterocycles. The van der Waals surface area contributed by atoms with Crippen LogP contribution in [0.25, 0.3) is 0 Å². The predicted octanol–water partition coefficient (Wildman–Crippen LogP) is 1.10. The van der Waals surface area contributed by atoms with E-state index >= 15 is 0 Å². The molecule has 0 aromatic carbocycles. The minimum atomic E-state index is -1.70. The smallest absolute Gasteiger partial charge is 0.303 e. The van der Waals surface area contributed by atoms with Crippen molar-refractivity contribution in [3.8, 4) is 0 Å². The van der Waals surface area contributed by atoms with E-state index in [4.69, 9.17) is 18.9 Å². The zero-order valence-corrected chi connectivity index (χ0v) is 15.1. The number of hydrogen-bond donors (Lipinski definition) is 2. The average molecular weight is 332 g/mol. The van der Waals surface area contributed by atoms with E-state index in [9.17, 15) is 15.0 Å². The summed E-state index contributed by atoms with van der Waals surface area (Å²) in [5, 5.41) is 20.4. The summed E-state index contributed by atoms with van der Waals surface area (Å²) < 4.78 is 23.8. The summed E-state index contributed by atoms with van der Waals surface area (Å²) in [7, 11) is 0. The van der Waals surface area contributed by atoms with E-state index in [0.29, 0.717) is 0 Å². The van der Waals surface area contributed by atoms with E-state index in [2.05, 4.69) is 0 Å². The van der Waals surface area contributed by atoms with E-state index in [1.54, 1.807) is 41.5 Å². The fourth-order valence-corrected chi connectivity index (χ4v) is 4.02. The van der Waals surface area contributed by atoms with Gasteiger partial charge in [0.2, 0.25) is 5.79 Å². The molecule has 7 nitrogen and oxygen atoms in total. The average Bonchev–Trinajstić information content (AvgIpc) is 2.59. The molecule has 2 N–H and O–H groups in total. The van der Waals surface area contributed by atoms with Crippen molar-refractivity contribution < 1.29 is 34.0 Å².